The van der Waals surface area contributed by atoms with E-state index in [1.807, 2.05) is 115 Å². The fraction of sp³-hybridized carbons (Fsp3) is 0.268. The number of rotatable bonds is 13. The van der Waals surface area contributed by atoms with Gasteiger partial charge in [0.2, 0.25) is 5.91 Å². The van der Waals surface area contributed by atoms with Gasteiger partial charge in [0.05, 0.1) is 19.2 Å². The minimum Gasteiger partial charge on any atom is -0.497 e. The minimum absolute atomic E-state index is 0.0876. The summed E-state index contributed by atoms with van der Waals surface area (Å²) in [5.41, 5.74) is 4.06. The number of amides is 4. The number of carbonyl (C=O) groups excluding carboxylic acids is 4. The van der Waals surface area contributed by atoms with Crippen LogP contribution in [0.2, 0.25) is 0 Å². The molecule has 0 spiro atoms. The molecule has 0 aliphatic carbocycles. The van der Waals surface area contributed by atoms with Gasteiger partial charge in [-0.05, 0) is 60.1 Å². The van der Waals surface area contributed by atoms with Gasteiger partial charge in [-0.25, -0.2) is 19.4 Å². The quantitative estimate of drug-likeness (QED) is 0.148. The lowest BCUT2D eigenvalue weighted by atomic mass is 9.91. The zero-order chi connectivity index (χ0) is 34.9. The largest absolute Gasteiger partial charge is 0.497 e. The number of benzene rings is 4. The van der Waals surface area contributed by atoms with E-state index in [4.69, 9.17) is 14.2 Å². The van der Waals surface area contributed by atoms with Gasteiger partial charge in [0, 0.05) is 17.9 Å². The van der Waals surface area contributed by atoms with E-state index in [0.29, 0.717) is 30.6 Å². The van der Waals surface area contributed by atoms with E-state index in [-0.39, 0.29) is 32.0 Å². The Labute approximate surface area is 292 Å². The summed E-state index contributed by atoms with van der Waals surface area (Å²) in [6, 6.07) is 35.3. The van der Waals surface area contributed by atoms with E-state index in [1.54, 1.807) is 13.2 Å². The second-order valence-electron chi connectivity index (χ2n) is 12.6. The highest BCUT2D eigenvalue weighted by atomic mass is 16.6. The summed E-state index contributed by atoms with van der Waals surface area (Å²) in [5.74, 6) is -0.858. The lowest BCUT2D eigenvalue weighted by Gasteiger charge is -2.25. The van der Waals surface area contributed by atoms with Gasteiger partial charge in [-0.2, -0.15) is 0 Å². The molecular formula is C41H40N2O7. The molecular weight excluding hydrogens is 632 g/mol. The van der Waals surface area contributed by atoms with Crippen LogP contribution >= 0.6 is 0 Å². The van der Waals surface area contributed by atoms with Crippen molar-refractivity contribution in [2.24, 2.45) is 5.92 Å². The highest BCUT2D eigenvalue weighted by molar-refractivity contribution is 6.04. The zero-order valence-corrected chi connectivity index (χ0v) is 28.0. The molecule has 3 unspecified atom stereocenters. The van der Waals surface area contributed by atoms with Crippen LogP contribution in [0.4, 0.5) is 9.59 Å². The van der Waals surface area contributed by atoms with Crippen molar-refractivity contribution in [3.63, 3.8) is 0 Å². The van der Waals surface area contributed by atoms with Crippen LogP contribution in [0.1, 0.15) is 28.7 Å². The first-order valence-electron chi connectivity index (χ1n) is 16.8. The van der Waals surface area contributed by atoms with Crippen LogP contribution in [-0.2, 0) is 44.7 Å². The Hall–Kier alpha value is -5.70. The molecule has 2 heterocycles. The second-order valence-corrected chi connectivity index (χ2v) is 12.6. The van der Waals surface area contributed by atoms with Crippen LogP contribution in [0, 0.1) is 5.92 Å². The molecule has 0 radical (unpaired) electrons. The SMILES string of the molecule is COc1ccc(C/C(=C\CC(Cc2ccccc2)C(=O)N2C(=O)OCC2Cc2ccccc2)C(=O)N2C(=O)OCC2Cc2ccccc2)cc1. The maximum absolute atomic E-state index is 14.4. The number of nitrogens with zero attached hydrogens (tertiary/aromatic N) is 2. The Morgan fingerprint density at radius 2 is 1.20 bits per heavy atom. The van der Waals surface area contributed by atoms with Gasteiger partial charge < -0.3 is 14.2 Å². The van der Waals surface area contributed by atoms with Crippen molar-refractivity contribution in [1.82, 2.24) is 9.80 Å². The standard InChI is InChI=1S/C41H40N2O7/c1-48-37-21-17-32(18-22-37)24-34(39(45)43-36(28-50-41(43)47)26-31-15-9-4-10-16-31)20-19-33(23-29-11-5-2-6-12-29)38(44)42-35(27-49-40(42)46)25-30-13-7-3-8-14-30/h2-18,20-22,33,35-36H,19,23-28H2,1H3/b34-20+. The molecule has 4 aromatic carbocycles. The summed E-state index contributed by atoms with van der Waals surface area (Å²) in [6.45, 7) is 0.193. The highest BCUT2D eigenvalue weighted by Gasteiger charge is 2.42. The lowest BCUT2D eigenvalue weighted by molar-refractivity contribution is -0.133. The molecule has 2 aliphatic heterocycles. The minimum atomic E-state index is -0.697. The number of ether oxygens (including phenoxy) is 3. The molecule has 0 bridgehead atoms. The van der Waals surface area contributed by atoms with Crippen molar-refractivity contribution in [2.75, 3.05) is 20.3 Å². The van der Waals surface area contributed by atoms with Gasteiger partial charge in [0.1, 0.15) is 19.0 Å². The fourth-order valence-electron chi connectivity index (χ4n) is 6.52. The molecule has 2 fully saturated rings. The molecule has 2 aliphatic rings. The summed E-state index contributed by atoms with van der Waals surface area (Å²) in [5, 5.41) is 0. The number of allylic oxidation sites excluding steroid dienone is 1. The van der Waals surface area contributed by atoms with Crippen LogP contribution in [0.5, 0.6) is 5.75 Å². The van der Waals surface area contributed by atoms with Crippen molar-refractivity contribution >= 4 is 24.0 Å². The number of carbonyl (C=O) groups is 4. The molecule has 0 N–H and O–H groups in total. The second kappa shape index (κ2) is 16.1. The van der Waals surface area contributed by atoms with Gasteiger partial charge in [0.15, 0.2) is 0 Å². The highest BCUT2D eigenvalue weighted by Crippen LogP contribution is 2.27. The molecule has 3 atom stereocenters. The Bertz CT molecular complexity index is 1810. The molecule has 50 heavy (non-hydrogen) atoms. The Morgan fingerprint density at radius 3 is 1.74 bits per heavy atom. The maximum Gasteiger partial charge on any atom is 0.417 e. The Kier molecular flexibility index (Phi) is 11.0. The summed E-state index contributed by atoms with van der Waals surface area (Å²) in [6.07, 6.45) is 1.99. The summed E-state index contributed by atoms with van der Waals surface area (Å²) < 4.78 is 16.1. The maximum atomic E-state index is 14.4. The van der Waals surface area contributed by atoms with Crippen molar-refractivity contribution in [3.05, 3.63) is 149 Å². The summed E-state index contributed by atoms with van der Waals surface area (Å²) in [4.78, 5) is 57.3. The molecule has 9 heteroatoms. The van der Waals surface area contributed by atoms with E-state index >= 15 is 0 Å². The van der Waals surface area contributed by atoms with E-state index in [0.717, 1.165) is 22.3 Å². The molecule has 256 valence electrons. The van der Waals surface area contributed by atoms with E-state index in [9.17, 15) is 19.2 Å². The monoisotopic (exact) mass is 672 g/mol. The fourth-order valence-corrected chi connectivity index (χ4v) is 6.52. The third kappa shape index (κ3) is 8.29. The number of hydrogen-bond donors (Lipinski definition) is 0. The van der Waals surface area contributed by atoms with E-state index in [1.165, 1.54) is 9.80 Å². The third-order valence-electron chi connectivity index (χ3n) is 9.16. The zero-order valence-electron chi connectivity index (χ0n) is 28.0. The molecule has 2 saturated heterocycles. The average molecular weight is 673 g/mol. The predicted octanol–water partition coefficient (Wildman–Crippen LogP) is 6.59. The molecule has 9 nitrogen and oxygen atoms in total. The Balaban J connectivity index is 1.31. The lowest BCUT2D eigenvalue weighted by Crippen LogP contribution is -2.44. The normalized spacial score (nSPS) is 18.1. The molecule has 4 aromatic rings. The number of cyclic esters (lactones) is 2. The number of hydrogen-bond acceptors (Lipinski definition) is 7. The first-order chi connectivity index (χ1) is 24.4. The summed E-state index contributed by atoms with van der Waals surface area (Å²) in [7, 11) is 1.58. The van der Waals surface area contributed by atoms with Crippen LogP contribution < -0.4 is 4.74 Å². The van der Waals surface area contributed by atoms with Crippen LogP contribution in [0.25, 0.3) is 0 Å². The van der Waals surface area contributed by atoms with Gasteiger partial charge in [0.25, 0.3) is 5.91 Å². The smallest absolute Gasteiger partial charge is 0.417 e. The van der Waals surface area contributed by atoms with Gasteiger partial charge in [-0.15, -0.1) is 0 Å². The molecule has 6 rings (SSSR count). The number of imide groups is 2. The molecule has 0 saturated carbocycles. The van der Waals surface area contributed by atoms with E-state index in [2.05, 4.69) is 0 Å². The first kappa shape index (κ1) is 34.2. The predicted molar refractivity (Wildman–Crippen MR) is 187 cm³/mol. The van der Waals surface area contributed by atoms with Crippen molar-refractivity contribution < 1.29 is 33.4 Å². The van der Waals surface area contributed by atoms with Gasteiger partial charge >= 0.3 is 12.2 Å². The van der Waals surface area contributed by atoms with E-state index < -0.39 is 36.1 Å². The number of methoxy groups -OCH3 is 1. The average Bonchev–Trinajstić information content (AvgIpc) is 3.70. The van der Waals surface area contributed by atoms with Crippen molar-refractivity contribution in [2.45, 2.75) is 44.2 Å². The summed E-state index contributed by atoms with van der Waals surface area (Å²) >= 11 is 0. The van der Waals surface area contributed by atoms with Crippen LogP contribution in [0.3, 0.4) is 0 Å². The van der Waals surface area contributed by atoms with Crippen molar-refractivity contribution in [3.8, 4) is 5.75 Å². The van der Waals surface area contributed by atoms with Crippen LogP contribution in [0.15, 0.2) is 127 Å². The van der Waals surface area contributed by atoms with Crippen LogP contribution in [-0.4, -0.2) is 66.2 Å². The third-order valence-corrected chi connectivity index (χ3v) is 9.16. The van der Waals surface area contributed by atoms with Gasteiger partial charge in [-0.3, -0.25) is 9.59 Å². The Morgan fingerprint density at radius 1 is 0.700 bits per heavy atom. The van der Waals surface area contributed by atoms with Crippen molar-refractivity contribution in [1.29, 1.82) is 0 Å². The molecule has 4 amide bonds. The topological polar surface area (TPSA) is 102 Å². The molecule has 0 aromatic heterocycles. The first-order valence-corrected chi connectivity index (χ1v) is 16.8. The van der Waals surface area contributed by atoms with Gasteiger partial charge in [-0.1, -0.05) is 109 Å².